The lowest BCUT2D eigenvalue weighted by Crippen LogP contribution is -2.01. The molecule has 0 saturated heterocycles. The highest BCUT2D eigenvalue weighted by atomic mass is 19.1. The number of benzene rings is 1. The second kappa shape index (κ2) is 3.85. The Morgan fingerprint density at radius 2 is 2.17 bits per heavy atom. The zero-order chi connectivity index (χ0) is 8.97. The van der Waals surface area contributed by atoms with Crippen LogP contribution in [0.5, 0.6) is 0 Å². The Hall–Kier alpha value is -1.38. The van der Waals surface area contributed by atoms with E-state index in [2.05, 4.69) is 5.16 Å². The summed E-state index contributed by atoms with van der Waals surface area (Å²) in [5, 5.41) is 11.5. The Morgan fingerprint density at radius 1 is 1.50 bits per heavy atom. The standard InChI is InChI=1S/C9H10FNO/c1-2-9(11-12)7-5-3-4-6-8(7)10/h3-6,12H,2H2,1H3/b11-9+. The Morgan fingerprint density at radius 3 is 2.67 bits per heavy atom. The largest absolute Gasteiger partial charge is 0.411 e. The van der Waals surface area contributed by atoms with Gasteiger partial charge in [-0.05, 0) is 12.5 Å². The van der Waals surface area contributed by atoms with E-state index in [9.17, 15) is 4.39 Å². The highest BCUT2D eigenvalue weighted by Gasteiger charge is 2.06. The van der Waals surface area contributed by atoms with Gasteiger partial charge in [0, 0.05) is 5.56 Å². The van der Waals surface area contributed by atoms with Crippen molar-refractivity contribution in [3.05, 3.63) is 35.6 Å². The van der Waals surface area contributed by atoms with Gasteiger partial charge in [-0.3, -0.25) is 0 Å². The first-order valence-corrected chi connectivity index (χ1v) is 3.75. The third kappa shape index (κ3) is 1.61. The molecule has 0 amide bonds. The van der Waals surface area contributed by atoms with E-state index in [0.717, 1.165) is 0 Å². The average Bonchev–Trinajstić information content (AvgIpc) is 2.10. The van der Waals surface area contributed by atoms with Gasteiger partial charge in [-0.1, -0.05) is 30.3 Å². The van der Waals surface area contributed by atoms with Crippen molar-refractivity contribution in [2.24, 2.45) is 5.16 Å². The van der Waals surface area contributed by atoms with Crippen LogP contribution in [0.15, 0.2) is 29.4 Å². The number of hydrogen-bond donors (Lipinski definition) is 1. The highest BCUT2D eigenvalue weighted by molar-refractivity contribution is 6.00. The molecule has 64 valence electrons. The maximum absolute atomic E-state index is 13.0. The molecule has 2 nitrogen and oxygen atoms in total. The van der Waals surface area contributed by atoms with Crippen LogP contribution in [-0.4, -0.2) is 10.9 Å². The maximum Gasteiger partial charge on any atom is 0.132 e. The molecular weight excluding hydrogens is 157 g/mol. The van der Waals surface area contributed by atoms with E-state index in [-0.39, 0.29) is 5.82 Å². The number of oxime groups is 1. The Bertz CT molecular complexity index is 296. The van der Waals surface area contributed by atoms with Crippen LogP contribution in [0, 0.1) is 5.82 Å². The fourth-order valence-corrected chi connectivity index (χ4v) is 1.01. The summed E-state index contributed by atoms with van der Waals surface area (Å²) in [6.07, 6.45) is 0.511. The maximum atomic E-state index is 13.0. The van der Waals surface area contributed by atoms with E-state index in [1.165, 1.54) is 6.07 Å². The third-order valence-corrected chi connectivity index (χ3v) is 1.64. The second-order valence-corrected chi connectivity index (χ2v) is 2.38. The molecule has 1 N–H and O–H groups in total. The van der Waals surface area contributed by atoms with Gasteiger partial charge in [-0.25, -0.2) is 4.39 Å². The summed E-state index contributed by atoms with van der Waals surface area (Å²) < 4.78 is 13.0. The van der Waals surface area contributed by atoms with Gasteiger partial charge in [-0.2, -0.15) is 0 Å². The monoisotopic (exact) mass is 167 g/mol. The zero-order valence-electron chi connectivity index (χ0n) is 6.79. The van der Waals surface area contributed by atoms with Gasteiger partial charge >= 0.3 is 0 Å². The number of hydrogen-bond acceptors (Lipinski definition) is 2. The van der Waals surface area contributed by atoms with Crippen LogP contribution >= 0.6 is 0 Å². The predicted octanol–water partition coefficient (Wildman–Crippen LogP) is 2.41. The number of nitrogens with zero attached hydrogens (tertiary/aromatic N) is 1. The molecule has 1 aromatic rings. The van der Waals surface area contributed by atoms with Gasteiger partial charge < -0.3 is 5.21 Å². The van der Waals surface area contributed by atoms with E-state index in [1.54, 1.807) is 18.2 Å². The molecule has 0 atom stereocenters. The lowest BCUT2D eigenvalue weighted by molar-refractivity contribution is 0.318. The van der Waals surface area contributed by atoms with E-state index in [1.807, 2.05) is 6.92 Å². The van der Waals surface area contributed by atoms with Gasteiger partial charge in [0.2, 0.25) is 0 Å². The fourth-order valence-electron chi connectivity index (χ4n) is 1.01. The SMILES string of the molecule is CC/C(=N\O)c1ccccc1F. The molecule has 0 spiro atoms. The zero-order valence-corrected chi connectivity index (χ0v) is 6.79. The van der Waals surface area contributed by atoms with Crippen LogP contribution in [0.3, 0.4) is 0 Å². The molecule has 0 bridgehead atoms. The van der Waals surface area contributed by atoms with Crippen LogP contribution in [0.2, 0.25) is 0 Å². The molecule has 0 saturated carbocycles. The minimum absolute atomic E-state index is 0.354. The van der Waals surface area contributed by atoms with Gasteiger partial charge in [0.05, 0.1) is 5.71 Å². The predicted molar refractivity (Wildman–Crippen MR) is 45.0 cm³/mol. The summed E-state index contributed by atoms with van der Waals surface area (Å²) in [5.41, 5.74) is 0.732. The first kappa shape index (κ1) is 8.71. The summed E-state index contributed by atoms with van der Waals surface area (Å²) in [4.78, 5) is 0. The molecule has 0 aromatic heterocycles. The van der Waals surface area contributed by atoms with Crippen LogP contribution < -0.4 is 0 Å². The molecule has 12 heavy (non-hydrogen) atoms. The van der Waals surface area contributed by atoms with Crippen molar-refractivity contribution in [2.75, 3.05) is 0 Å². The molecular formula is C9H10FNO. The molecule has 1 aromatic carbocycles. The van der Waals surface area contributed by atoms with Gasteiger partial charge in [0.1, 0.15) is 5.82 Å². The lowest BCUT2D eigenvalue weighted by atomic mass is 10.1. The van der Waals surface area contributed by atoms with Crippen LogP contribution in [-0.2, 0) is 0 Å². The van der Waals surface area contributed by atoms with E-state index in [4.69, 9.17) is 5.21 Å². The van der Waals surface area contributed by atoms with Crippen molar-refractivity contribution in [1.29, 1.82) is 0 Å². The first-order chi connectivity index (χ1) is 5.79. The van der Waals surface area contributed by atoms with Crippen LogP contribution in [0.25, 0.3) is 0 Å². The number of halogens is 1. The van der Waals surface area contributed by atoms with Gasteiger partial charge in [0.25, 0.3) is 0 Å². The van der Waals surface area contributed by atoms with Crippen molar-refractivity contribution in [3.8, 4) is 0 Å². The molecule has 1 rings (SSSR count). The van der Waals surface area contributed by atoms with E-state index < -0.39 is 0 Å². The second-order valence-electron chi connectivity index (χ2n) is 2.38. The summed E-state index contributed by atoms with van der Waals surface area (Å²) in [6.45, 7) is 1.81. The van der Waals surface area contributed by atoms with Gasteiger partial charge in [0.15, 0.2) is 0 Å². The van der Waals surface area contributed by atoms with Crippen molar-refractivity contribution in [2.45, 2.75) is 13.3 Å². The Kier molecular flexibility index (Phi) is 2.80. The molecule has 3 heteroatoms. The normalized spacial score (nSPS) is 11.7. The quantitative estimate of drug-likeness (QED) is 0.409. The molecule has 0 aliphatic rings. The smallest absolute Gasteiger partial charge is 0.132 e. The summed E-state index contributed by atoms with van der Waals surface area (Å²) in [7, 11) is 0. The van der Waals surface area contributed by atoms with Crippen LogP contribution in [0.4, 0.5) is 4.39 Å². The topological polar surface area (TPSA) is 32.6 Å². The van der Waals surface area contributed by atoms with E-state index >= 15 is 0 Å². The van der Waals surface area contributed by atoms with Crippen molar-refractivity contribution in [3.63, 3.8) is 0 Å². The van der Waals surface area contributed by atoms with Crippen molar-refractivity contribution >= 4 is 5.71 Å². The van der Waals surface area contributed by atoms with Gasteiger partial charge in [-0.15, -0.1) is 0 Å². The molecule has 0 heterocycles. The summed E-state index contributed by atoms with van der Waals surface area (Å²) in [5.74, 6) is -0.354. The minimum atomic E-state index is -0.354. The lowest BCUT2D eigenvalue weighted by Gasteiger charge is -2.01. The Balaban J connectivity index is 3.10. The fraction of sp³-hybridized carbons (Fsp3) is 0.222. The highest BCUT2D eigenvalue weighted by Crippen LogP contribution is 2.09. The molecule has 0 unspecified atom stereocenters. The molecule has 0 aliphatic heterocycles. The molecule has 0 aliphatic carbocycles. The van der Waals surface area contributed by atoms with E-state index in [0.29, 0.717) is 17.7 Å². The third-order valence-electron chi connectivity index (χ3n) is 1.64. The van der Waals surface area contributed by atoms with Crippen molar-refractivity contribution in [1.82, 2.24) is 0 Å². The Labute approximate surface area is 70.3 Å². The van der Waals surface area contributed by atoms with Crippen LogP contribution in [0.1, 0.15) is 18.9 Å². The minimum Gasteiger partial charge on any atom is -0.411 e. The summed E-state index contributed by atoms with van der Waals surface area (Å²) >= 11 is 0. The average molecular weight is 167 g/mol. The number of rotatable bonds is 2. The first-order valence-electron chi connectivity index (χ1n) is 3.75. The molecule has 0 radical (unpaired) electrons. The summed E-state index contributed by atoms with van der Waals surface area (Å²) in [6, 6.07) is 6.24. The van der Waals surface area contributed by atoms with Crippen molar-refractivity contribution < 1.29 is 9.60 Å². The molecule has 0 fully saturated rings.